The van der Waals surface area contributed by atoms with Gasteiger partial charge in [0.15, 0.2) is 5.82 Å². The lowest BCUT2D eigenvalue weighted by Crippen LogP contribution is -2.31. The number of amides is 1. The summed E-state index contributed by atoms with van der Waals surface area (Å²) >= 11 is 3.14. The van der Waals surface area contributed by atoms with Crippen molar-refractivity contribution in [3.63, 3.8) is 0 Å². The quantitative estimate of drug-likeness (QED) is 0.242. The molecule has 0 spiro atoms. The maximum atomic E-state index is 12.8. The average Bonchev–Trinajstić information content (AvgIpc) is 3.35. The van der Waals surface area contributed by atoms with Gasteiger partial charge in [-0.05, 0) is 80.3 Å². The average molecular weight is 526 g/mol. The summed E-state index contributed by atoms with van der Waals surface area (Å²) in [7, 11) is 0. The third kappa shape index (κ3) is 5.31. The molecular weight excluding hydrogens is 498 g/mol. The maximum absolute atomic E-state index is 12.8. The van der Waals surface area contributed by atoms with Crippen LogP contribution in [0, 0.1) is 6.92 Å². The molecule has 0 atom stereocenters. The van der Waals surface area contributed by atoms with Crippen LogP contribution in [0.5, 0.6) is 0 Å². The van der Waals surface area contributed by atoms with E-state index in [9.17, 15) is 4.79 Å². The Kier molecular flexibility index (Phi) is 6.76. The molecule has 0 saturated carbocycles. The van der Waals surface area contributed by atoms with E-state index >= 15 is 0 Å². The molecule has 2 aromatic heterocycles. The highest BCUT2D eigenvalue weighted by Crippen LogP contribution is 2.32. The Morgan fingerprint density at radius 3 is 2.46 bits per heavy atom. The molecule has 37 heavy (non-hydrogen) atoms. The summed E-state index contributed by atoms with van der Waals surface area (Å²) in [6.45, 7) is 4.05. The Morgan fingerprint density at radius 1 is 0.919 bits per heavy atom. The molecule has 1 fully saturated rings. The Bertz CT molecular complexity index is 1580. The van der Waals surface area contributed by atoms with Gasteiger partial charge in [-0.2, -0.15) is 0 Å². The zero-order valence-corrected chi connectivity index (χ0v) is 22.2. The number of piperidine rings is 1. The highest BCUT2D eigenvalue weighted by Gasteiger charge is 2.19. The summed E-state index contributed by atoms with van der Waals surface area (Å²) < 4.78 is 1.19. The summed E-state index contributed by atoms with van der Waals surface area (Å²) in [6.07, 6.45) is 3.57. The standard InChI is InChI=1S/C29H27N5OS2/c1-19-9-14-24-25(17-19)37-28(33-24)20-10-12-21(13-11-20)30-26(35)18-36-29-27(34-15-5-2-6-16-34)31-22-7-3-4-8-23(22)32-29/h3-4,7-14,17H,2,5-6,15-16,18H2,1H3,(H,30,35). The number of carbonyl (C=O) groups is 1. The molecular formula is C29H27N5OS2. The second kappa shape index (κ2) is 10.5. The zero-order valence-electron chi connectivity index (χ0n) is 20.6. The number of carbonyl (C=O) groups excluding carboxylic acids is 1. The first-order valence-electron chi connectivity index (χ1n) is 12.5. The van der Waals surface area contributed by atoms with Crippen LogP contribution in [0.2, 0.25) is 0 Å². The Morgan fingerprint density at radius 2 is 1.68 bits per heavy atom. The number of rotatable bonds is 6. The molecule has 6 rings (SSSR count). The van der Waals surface area contributed by atoms with Crippen molar-refractivity contribution in [2.45, 2.75) is 31.2 Å². The fourth-order valence-corrected chi connectivity index (χ4v) is 6.44. The lowest BCUT2D eigenvalue weighted by atomic mass is 10.1. The number of fused-ring (bicyclic) bond motifs is 2. The molecule has 8 heteroatoms. The van der Waals surface area contributed by atoms with Gasteiger partial charge in [0.05, 0.1) is 27.0 Å². The predicted octanol–water partition coefficient (Wildman–Crippen LogP) is 6.94. The van der Waals surface area contributed by atoms with Crippen molar-refractivity contribution < 1.29 is 4.79 Å². The van der Waals surface area contributed by atoms with Crippen LogP contribution in [0.15, 0.2) is 71.8 Å². The summed E-state index contributed by atoms with van der Waals surface area (Å²) in [5.74, 6) is 1.10. The van der Waals surface area contributed by atoms with Crippen molar-refractivity contribution in [2.24, 2.45) is 0 Å². The van der Waals surface area contributed by atoms with Crippen molar-refractivity contribution in [2.75, 3.05) is 29.1 Å². The van der Waals surface area contributed by atoms with Gasteiger partial charge in [-0.3, -0.25) is 4.79 Å². The van der Waals surface area contributed by atoms with Crippen molar-refractivity contribution in [3.8, 4) is 10.6 Å². The van der Waals surface area contributed by atoms with E-state index in [-0.39, 0.29) is 11.7 Å². The van der Waals surface area contributed by atoms with E-state index in [1.54, 1.807) is 11.3 Å². The minimum atomic E-state index is -0.0623. The number of nitrogens with one attached hydrogen (secondary N) is 1. The second-order valence-corrected chi connectivity index (χ2v) is 11.3. The molecule has 5 aromatic rings. The first kappa shape index (κ1) is 23.9. The number of hydrogen-bond donors (Lipinski definition) is 1. The fraction of sp³-hybridized carbons (Fsp3) is 0.241. The van der Waals surface area contributed by atoms with E-state index in [0.717, 1.165) is 69.6 Å². The normalized spacial score (nSPS) is 13.8. The number of thioether (sulfide) groups is 1. The van der Waals surface area contributed by atoms with Crippen LogP contribution in [0.25, 0.3) is 31.8 Å². The van der Waals surface area contributed by atoms with Gasteiger partial charge in [0, 0.05) is 24.3 Å². The van der Waals surface area contributed by atoms with Crippen LogP contribution in [-0.4, -0.2) is 39.7 Å². The lowest BCUT2D eigenvalue weighted by molar-refractivity contribution is -0.113. The Balaban J connectivity index is 1.14. The van der Waals surface area contributed by atoms with Crippen LogP contribution < -0.4 is 10.2 Å². The molecule has 1 saturated heterocycles. The number of aryl methyl sites for hydroxylation is 1. The number of hydrogen-bond acceptors (Lipinski definition) is 7. The Hall–Kier alpha value is -3.49. The van der Waals surface area contributed by atoms with Gasteiger partial charge < -0.3 is 10.2 Å². The van der Waals surface area contributed by atoms with E-state index < -0.39 is 0 Å². The smallest absolute Gasteiger partial charge is 0.234 e. The number of aromatic nitrogens is 3. The van der Waals surface area contributed by atoms with Gasteiger partial charge in [-0.1, -0.05) is 30.0 Å². The van der Waals surface area contributed by atoms with Gasteiger partial charge in [0.2, 0.25) is 5.91 Å². The molecule has 6 nitrogen and oxygen atoms in total. The molecule has 1 aliphatic rings. The second-order valence-electron chi connectivity index (χ2n) is 9.29. The summed E-state index contributed by atoms with van der Waals surface area (Å²) in [4.78, 5) is 29.7. The SMILES string of the molecule is Cc1ccc2nc(-c3ccc(NC(=O)CSc4nc5ccccc5nc4N4CCCCC4)cc3)sc2c1. The number of benzene rings is 3. The monoisotopic (exact) mass is 525 g/mol. The van der Waals surface area contributed by atoms with E-state index in [2.05, 4.69) is 35.3 Å². The minimum absolute atomic E-state index is 0.0623. The Labute approximate surface area is 224 Å². The molecule has 3 aromatic carbocycles. The molecule has 1 N–H and O–H groups in total. The molecule has 0 bridgehead atoms. The van der Waals surface area contributed by atoms with Crippen LogP contribution in [-0.2, 0) is 4.79 Å². The van der Waals surface area contributed by atoms with Crippen molar-refractivity contribution >= 4 is 61.8 Å². The van der Waals surface area contributed by atoms with Crippen LogP contribution >= 0.6 is 23.1 Å². The van der Waals surface area contributed by atoms with Crippen LogP contribution in [0.3, 0.4) is 0 Å². The number of para-hydroxylation sites is 2. The first-order chi connectivity index (χ1) is 18.1. The van der Waals surface area contributed by atoms with Crippen LogP contribution in [0.4, 0.5) is 11.5 Å². The van der Waals surface area contributed by atoms with Crippen molar-refractivity contribution in [1.82, 2.24) is 15.0 Å². The maximum Gasteiger partial charge on any atom is 0.234 e. The molecule has 1 aliphatic heterocycles. The predicted molar refractivity (Wildman–Crippen MR) is 155 cm³/mol. The number of thiazole rings is 1. The highest BCUT2D eigenvalue weighted by atomic mass is 32.2. The number of anilines is 2. The third-order valence-corrected chi connectivity index (χ3v) is 8.50. The van der Waals surface area contributed by atoms with E-state index in [0.29, 0.717) is 0 Å². The van der Waals surface area contributed by atoms with Gasteiger partial charge in [0.25, 0.3) is 0 Å². The fourth-order valence-electron chi connectivity index (χ4n) is 4.57. The highest BCUT2D eigenvalue weighted by molar-refractivity contribution is 8.00. The van der Waals surface area contributed by atoms with E-state index in [1.807, 2.05) is 48.5 Å². The van der Waals surface area contributed by atoms with Gasteiger partial charge >= 0.3 is 0 Å². The molecule has 0 aliphatic carbocycles. The topological polar surface area (TPSA) is 71.0 Å². The molecule has 0 radical (unpaired) electrons. The van der Waals surface area contributed by atoms with Crippen molar-refractivity contribution in [3.05, 3.63) is 72.3 Å². The number of nitrogens with zero attached hydrogens (tertiary/aromatic N) is 4. The third-order valence-electron chi connectivity index (χ3n) is 6.48. The molecule has 0 unspecified atom stereocenters. The van der Waals surface area contributed by atoms with Crippen LogP contribution in [0.1, 0.15) is 24.8 Å². The van der Waals surface area contributed by atoms with Crippen molar-refractivity contribution in [1.29, 1.82) is 0 Å². The van der Waals surface area contributed by atoms with Gasteiger partial charge in [0.1, 0.15) is 10.0 Å². The minimum Gasteiger partial charge on any atom is -0.354 e. The van der Waals surface area contributed by atoms with E-state index in [1.165, 1.54) is 28.4 Å². The summed E-state index contributed by atoms with van der Waals surface area (Å²) in [5, 5.41) is 4.82. The largest absolute Gasteiger partial charge is 0.354 e. The molecule has 3 heterocycles. The van der Waals surface area contributed by atoms with E-state index in [4.69, 9.17) is 15.0 Å². The molecule has 186 valence electrons. The van der Waals surface area contributed by atoms with Gasteiger partial charge in [-0.25, -0.2) is 15.0 Å². The van der Waals surface area contributed by atoms with Gasteiger partial charge in [-0.15, -0.1) is 11.3 Å². The lowest BCUT2D eigenvalue weighted by Gasteiger charge is -2.29. The first-order valence-corrected chi connectivity index (χ1v) is 14.3. The summed E-state index contributed by atoms with van der Waals surface area (Å²) in [6, 6.07) is 22.1. The molecule has 1 amide bonds. The summed E-state index contributed by atoms with van der Waals surface area (Å²) in [5.41, 5.74) is 5.81. The zero-order chi connectivity index (χ0) is 25.2.